The van der Waals surface area contributed by atoms with E-state index in [4.69, 9.17) is 11.6 Å². The minimum atomic E-state index is -0.536. The number of phenolic OH excluding ortho intramolecular Hbond substituents is 1. The molecule has 0 fully saturated rings. The molecule has 0 aliphatic heterocycles. The summed E-state index contributed by atoms with van der Waals surface area (Å²) in [4.78, 5) is 22.4. The van der Waals surface area contributed by atoms with Gasteiger partial charge in [-0.1, -0.05) is 23.7 Å². The normalized spacial score (nSPS) is 10.1. The molecule has 4 nitrogen and oxygen atoms in total. The first-order chi connectivity index (χ1) is 9.56. The van der Waals surface area contributed by atoms with Gasteiger partial charge in [0.05, 0.1) is 23.3 Å². The van der Waals surface area contributed by atoms with E-state index in [-0.39, 0.29) is 21.9 Å². The number of esters is 1. The molecule has 0 amide bonds. The molecular formula is C15H11ClO4. The van der Waals surface area contributed by atoms with Gasteiger partial charge >= 0.3 is 5.97 Å². The highest BCUT2D eigenvalue weighted by molar-refractivity contribution is 6.33. The Balaban J connectivity index is 2.53. The molecule has 0 saturated heterocycles. The molecule has 0 bridgehead atoms. The maximum atomic E-state index is 11.6. The fourth-order valence-corrected chi connectivity index (χ4v) is 1.99. The Kier molecular flexibility index (Phi) is 4.05. The Morgan fingerprint density at radius 1 is 1.20 bits per heavy atom. The lowest BCUT2D eigenvalue weighted by Gasteiger charge is -2.07. The van der Waals surface area contributed by atoms with E-state index < -0.39 is 5.97 Å². The van der Waals surface area contributed by atoms with Gasteiger partial charge in [0.1, 0.15) is 5.75 Å². The molecule has 2 aromatic rings. The first-order valence-corrected chi connectivity index (χ1v) is 6.11. The van der Waals surface area contributed by atoms with Gasteiger partial charge in [-0.05, 0) is 35.4 Å². The summed E-state index contributed by atoms with van der Waals surface area (Å²) in [5, 5.41) is 9.77. The lowest BCUT2D eigenvalue weighted by atomic mass is 10.0. The first-order valence-electron chi connectivity index (χ1n) is 5.73. The lowest BCUT2D eigenvalue weighted by molar-refractivity contribution is 0.0601. The van der Waals surface area contributed by atoms with E-state index in [2.05, 4.69) is 4.74 Å². The average molecular weight is 291 g/mol. The molecule has 0 spiro atoms. The highest BCUT2D eigenvalue weighted by Crippen LogP contribution is 2.28. The summed E-state index contributed by atoms with van der Waals surface area (Å²) in [5.41, 5.74) is 1.80. The van der Waals surface area contributed by atoms with Crippen LogP contribution in [-0.4, -0.2) is 24.5 Å². The van der Waals surface area contributed by atoms with Crippen molar-refractivity contribution >= 4 is 23.9 Å². The number of rotatable bonds is 3. The van der Waals surface area contributed by atoms with Crippen molar-refractivity contribution in [3.8, 4) is 16.9 Å². The van der Waals surface area contributed by atoms with E-state index >= 15 is 0 Å². The average Bonchev–Trinajstić information content (AvgIpc) is 2.47. The minimum Gasteiger partial charge on any atom is -0.507 e. The molecule has 0 aliphatic carbocycles. The van der Waals surface area contributed by atoms with Crippen LogP contribution in [0.1, 0.15) is 20.7 Å². The quantitative estimate of drug-likeness (QED) is 0.696. The summed E-state index contributed by atoms with van der Waals surface area (Å²) in [6.45, 7) is 0. The Hall–Kier alpha value is -2.33. The van der Waals surface area contributed by atoms with Gasteiger partial charge < -0.3 is 9.84 Å². The topological polar surface area (TPSA) is 63.6 Å². The predicted molar refractivity (Wildman–Crippen MR) is 75.3 cm³/mol. The summed E-state index contributed by atoms with van der Waals surface area (Å²) in [7, 11) is 1.27. The van der Waals surface area contributed by atoms with Crippen molar-refractivity contribution < 1.29 is 19.4 Å². The number of aldehydes is 1. The van der Waals surface area contributed by atoms with Crippen LogP contribution in [0.3, 0.4) is 0 Å². The number of benzene rings is 2. The Morgan fingerprint density at radius 2 is 1.85 bits per heavy atom. The van der Waals surface area contributed by atoms with Crippen LogP contribution in [-0.2, 0) is 4.74 Å². The van der Waals surface area contributed by atoms with E-state index in [1.807, 2.05) is 0 Å². The smallest absolute Gasteiger partial charge is 0.339 e. The third kappa shape index (κ3) is 2.65. The lowest BCUT2D eigenvalue weighted by Crippen LogP contribution is -2.02. The van der Waals surface area contributed by atoms with Crippen molar-refractivity contribution in [2.75, 3.05) is 7.11 Å². The predicted octanol–water partition coefficient (Wildman–Crippen LogP) is 3.31. The van der Waals surface area contributed by atoms with Crippen molar-refractivity contribution in [2.24, 2.45) is 0 Å². The largest absolute Gasteiger partial charge is 0.507 e. The Labute approximate surface area is 120 Å². The monoisotopic (exact) mass is 290 g/mol. The van der Waals surface area contributed by atoms with Gasteiger partial charge in [-0.15, -0.1) is 0 Å². The second-order valence-electron chi connectivity index (χ2n) is 4.08. The second kappa shape index (κ2) is 5.75. The van der Waals surface area contributed by atoms with E-state index in [1.165, 1.54) is 19.2 Å². The SMILES string of the molecule is COC(=O)c1cc(-c2ccc(O)c(C=O)c2)ccc1Cl. The first kappa shape index (κ1) is 14.1. The second-order valence-corrected chi connectivity index (χ2v) is 4.48. The number of methoxy groups -OCH3 is 1. The Bertz CT molecular complexity index is 680. The molecule has 0 unspecified atom stereocenters. The van der Waals surface area contributed by atoms with Gasteiger partial charge in [0, 0.05) is 0 Å². The molecule has 0 heterocycles. The zero-order valence-electron chi connectivity index (χ0n) is 10.6. The van der Waals surface area contributed by atoms with Gasteiger partial charge in [0.15, 0.2) is 6.29 Å². The van der Waals surface area contributed by atoms with E-state index in [0.29, 0.717) is 17.4 Å². The molecule has 0 aromatic heterocycles. The van der Waals surface area contributed by atoms with Crippen molar-refractivity contribution in [3.63, 3.8) is 0 Å². The number of ether oxygens (including phenoxy) is 1. The van der Waals surface area contributed by atoms with Gasteiger partial charge in [-0.2, -0.15) is 0 Å². The highest BCUT2D eigenvalue weighted by atomic mass is 35.5. The Morgan fingerprint density at radius 3 is 2.50 bits per heavy atom. The maximum Gasteiger partial charge on any atom is 0.339 e. The molecule has 2 aromatic carbocycles. The van der Waals surface area contributed by atoms with Gasteiger partial charge in [-0.3, -0.25) is 4.79 Å². The van der Waals surface area contributed by atoms with E-state index in [9.17, 15) is 14.7 Å². The number of aromatic hydroxyl groups is 1. The number of phenols is 1. The number of halogens is 1. The van der Waals surface area contributed by atoms with Crippen LogP contribution in [0.15, 0.2) is 36.4 Å². The third-order valence-corrected chi connectivity index (χ3v) is 3.19. The van der Waals surface area contributed by atoms with Gasteiger partial charge in [-0.25, -0.2) is 4.79 Å². The van der Waals surface area contributed by atoms with Crippen LogP contribution in [0.25, 0.3) is 11.1 Å². The molecule has 5 heteroatoms. The van der Waals surface area contributed by atoms with Crippen LogP contribution in [0, 0.1) is 0 Å². The molecule has 102 valence electrons. The van der Waals surface area contributed by atoms with E-state index in [1.54, 1.807) is 24.3 Å². The molecule has 0 aliphatic rings. The third-order valence-electron chi connectivity index (χ3n) is 2.86. The van der Waals surface area contributed by atoms with Crippen LogP contribution >= 0.6 is 11.6 Å². The molecule has 1 N–H and O–H groups in total. The summed E-state index contributed by atoms with van der Waals surface area (Å²) in [5.74, 6) is -0.628. The highest BCUT2D eigenvalue weighted by Gasteiger charge is 2.12. The van der Waals surface area contributed by atoms with Crippen LogP contribution in [0.5, 0.6) is 5.75 Å². The fraction of sp³-hybridized carbons (Fsp3) is 0.0667. The summed E-state index contributed by atoms with van der Waals surface area (Å²) >= 11 is 5.94. The number of carbonyl (C=O) groups excluding carboxylic acids is 2. The van der Waals surface area contributed by atoms with Crippen molar-refractivity contribution in [1.29, 1.82) is 0 Å². The summed E-state index contributed by atoms with van der Waals surface area (Å²) < 4.78 is 4.65. The zero-order valence-corrected chi connectivity index (χ0v) is 11.3. The van der Waals surface area contributed by atoms with E-state index in [0.717, 1.165) is 0 Å². The minimum absolute atomic E-state index is 0.0918. The number of carbonyl (C=O) groups is 2. The van der Waals surface area contributed by atoms with Gasteiger partial charge in [0.25, 0.3) is 0 Å². The van der Waals surface area contributed by atoms with Crippen LogP contribution in [0.4, 0.5) is 0 Å². The number of hydrogen-bond donors (Lipinski definition) is 1. The fourth-order valence-electron chi connectivity index (χ4n) is 1.80. The number of hydrogen-bond acceptors (Lipinski definition) is 4. The van der Waals surface area contributed by atoms with Crippen molar-refractivity contribution in [1.82, 2.24) is 0 Å². The van der Waals surface area contributed by atoms with Crippen molar-refractivity contribution in [2.45, 2.75) is 0 Å². The molecule has 20 heavy (non-hydrogen) atoms. The standard InChI is InChI=1S/C15H11ClO4/c1-20-15(19)12-7-10(2-4-13(12)16)9-3-5-14(18)11(6-9)8-17/h2-8,18H,1H3. The summed E-state index contributed by atoms with van der Waals surface area (Å²) in [6, 6.07) is 9.48. The maximum absolute atomic E-state index is 11.6. The summed E-state index contributed by atoms with van der Waals surface area (Å²) in [6.07, 6.45) is 0.565. The molecular weight excluding hydrogens is 280 g/mol. The van der Waals surface area contributed by atoms with Crippen LogP contribution < -0.4 is 0 Å². The van der Waals surface area contributed by atoms with Crippen molar-refractivity contribution in [3.05, 3.63) is 52.5 Å². The molecule has 0 radical (unpaired) electrons. The zero-order chi connectivity index (χ0) is 14.7. The molecule has 0 atom stereocenters. The molecule has 0 saturated carbocycles. The van der Waals surface area contributed by atoms with Crippen LogP contribution in [0.2, 0.25) is 5.02 Å². The van der Waals surface area contributed by atoms with Gasteiger partial charge in [0.2, 0.25) is 0 Å². The molecule has 2 rings (SSSR count).